The number of hydrogen-bond donors (Lipinski definition) is 1. The predicted molar refractivity (Wildman–Crippen MR) is 112 cm³/mol. The van der Waals surface area contributed by atoms with E-state index in [1.807, 2.05) is 0 Å². The number of β-lactam (4-membered cyclic amide) rings is 1. The number of benzene rings is 1. The minimum absolute atomic E-state index is 0.159. The van der Waals surface area contributed by atoms with Crippen molar-refractivity contribution in [3.8, 4) is 0 Å². The molecule has 0 radical (unpaired) electrons. The second kappa shape index (κ2) is 8.69. The first-order valence-corrected chi connectivity index (χ1v) is 10.7. The Morgan fingerprint density at radius 3 is 2.42 bits per heavy atom. The molecule has 1 aromatic rings. The van der Waals surface area contributed by atoms with E-state index in [-0.39, 0.29) is 30.3 Å². The molecule has 3 aliphatic heterocycles. The summed E-state index contributed by atoms with van der Waals surface area (Å²) in [5.74, 6) is -4.34. The number of aliphatic hydroxyl groups is 1. The topological polar surface area (TPSA) is 123 Å². The van der Waals surface area contributed by atoms with Gasteiger partial charge in [0.1, 0.15) is 12.8 Å². The molecule has 3 amide bonds. The number of esters is 1. The van der Waals surface area contributed by atoms with E-state index < -0.39 is 47.8 Å². The fourth-order valence-corrected chi connectivity index (χ4v) is 4.45. The Kier molecular flexibility index (Phi) is 6.08. The van der Waals surface area contributed by atoms with Gasteiger partial charge >= 0.3 is 5.97 Å². The van der Waals surface area contributed by atoms with Crippen molar-refractivity contribution in [2.75, 3.05) is 13.2 Å². The van der Waals surface area contributed by atoms with Gasteiger partial charge in [0.25, 0.3) is 11.8 Å². The molecular weight excluding hydrogens is 432 g/mol. The van der Waals surface area contributed by atoms with Crippen molar-refractivity contribution >= 4 is 23.7 Å². The smallest absolute Gasteiger partial charge is 0.356 e. The van der Waals surface area contributed by atoms with Crippen molar-refractivity contribution in [1.82, 2.24) is 9.80 Å². The highest BCUT2D eigenvalue weighted by Gasteiger charge is 2.59. The average Bonchev–Trinajstić information content (AvgIpc) is 3.26. The number of carbonyl (C=O) groups excluding carboxylic acids is 4. The third-order valence-electron chi connectivity index (χ3n) is 5.99. The summed E-state index contributed by atoms with van der Waals surface area (Å²) in [6.07, 6.45) is -1.33. The molecule has 0 aliphatic carbocycles. The summed E-state index contributed by atoms with van der Waals surface area (Å²) in [7, 11) is 0. The van der Waals surface area contributed by atoms with Crippen LogP contribution in [-0.2, 0) is 23.8 Å². The van der Waals surface area contributed by atoms with Gasteiger partial charge in [-0.25, -0.2) is 4.79 Å². The maximum Gasteiger partial charge on any atom is 0.356 e. The fourth-order valence-electron chi connectivity index (χ4n) is 4.45. The summed E-state index contributed by atoms with van der Waals surface area (Å²) in [6.45, 7) is 7.20. The van der Waals surface area contributed by atoms with Gasteiger partial charge in [-0.3, -0.25) is 24.2 Å². The van der Waals surface area contributed by atoms with Gasteiger partial charge < -0.3 is 19.3 Å². The Morgan fingerprint density at radius 2 is 1.88 bits per heavy atom. The minimum Gasteiger partial charge on any atom is -0.458 e. The maximum absolute atomic E-state index is 13.1. The van der Waals surface area contributed by atoms with Crippen molar-refractivity contribution in [3.63, 3.8) is 0 Å². The fraction of sp³-hybridized carbons (Fsp3) is 0.478. The van der Waals surface area contributed by atoms with E-state index in [4.69, 9.17) is 14.2 Å². The molecule has 176 valence electrons. The number of imide groups is 1. The molecule has 2 saturated heterocycles. The first-order valence-electron chi connectivity index (χ1n) is 10.7. The third kappa shape index (κ3) is 4.05. The van der Waals surface area contributed by atoms with Crippen LogP contribution >= 0.6 is 0 Å². The van der Waals surface area contributed by atoms with Crippen LogP contribution in [0.1, 0.15) is 47.4 Å². The van der Waals surface area contributed by atoms with E-state index in [0.29, 0.717) is 13.0 Å². The second-order valence-electron chi connectivity index (χ2n) is 8.61. The molecule has 1 unspecified atom stereocenters. The minimum atomic E-state index is -1.96. The van der Waals surface area contributed by atoms with Gasteiger partial charge in [-0.2, -0.15) is 0 Å². The second-order valence-corrected chi connectivity index (χ2v) is 8.61. The Bertz CT molecular complexity index is 971. The number of nitrogens with zero attached hydrogens (tertiary/aromatic N) is 2. The molecule has 2 fully saturated rings. The molecular formula is C23H26N2O8. The molecule has 0 aromatic heterocycles. The first kappa shape index (κ1) is 23.1. The third-order valence-corrected chi connectivity index (χ3v) is 5.99. The molecule has 1 aromatic carbocycles. The Morgan fingerprint density at radius 1 is 1.24 bits per heavy atom. The zero-order valence-electron chi connectivity index (χ0n) is 18.4. The molecule has 0 saturated carbocycles. The highest BCUT2D eigenvalue weighted by atomic mass is 16.7. The maximum atomic E-state index is 13.1. The number of rotatable bonds is 8. The van der Waals surface area contributed by atoms with E-state index in [1.165, 1.54) is 18.2 Å². The number of likely N-dealkylation sites (tertiary alicyclic amines) is 1. The summed E-state index contributed by atoms with van der Waals surface area (Å²) < 4.78 is 16.2. The first-order chi connectivity index (χ1) is 15.7. The van der Waals surface area contributed by atoms with Gasteiger partial charge in [0.2, 0.25) is 12.1 Å². The predicted octanol–water partition coefficient (Wildman–Crippen LogP) is 1.05. The van der Waals surface area contributed by atoms with E-state index in [0.717, 1.165) is 9.80 Å². The standard InChI is InChI=1S/C23H26N2O8/c1-4-11-31-22(30)21(29)25-17(24-18(26)14-7-5-6-8-15(14)19(24)27)16(20(25)28)10-9-13-12-32-23(2,3)33-13/h4-8,13,16-17,21,29H,1,9-12H2,2-3H3/t13-,16+,17+,21?/m1/s1. The van der Waals surface area contributed by atoms with Crippen LogP contribution in [0, 0.1) is 5.92 Å². The van der Waals surface area contributed by atoms with Crippen LogP contribution in [0.5, 0.6) is 0 Å². The van der Waals surface area contributed by atoms with Crippen molar-refractivity contribution in [3.05, 3.63) is 48.0 Å². The number of carbonyl (C=O) groups is 4. The monoisotopic (exact) mass is 458 g/mol. The number of ether oxygens (including phenoxy) is 3. The summed E-state index contributed by atoms with van der Waals surface area (Å²) in [4.78, 5) is 53.1. The van der Waals surface area contributed by atoms with E-state index >= 15 is 0 Å². The summed E-state index contributed by atoms with van der Waals surface area (Å²) in [6, 6.07) is 6.32. The zero-order valence-corrected chi connectivity index (χ0v) is 18.4. The molecule has 33 heavy (non-hydrogen) atoms. The van der Waals surface area contributed by atoms with Gasteiger partial charge in [0.05, 0.1) is 29.8 Å². The molecule has 4 atom stereocenters. The molecule has 0 bridgehead atoms. The van der Waals surface area contributed by atoms with Gasteiger partial charge in [-0.15, -0.1) is 0 Å². The average molecular weight is 458 g/mol. The van der Waals surface area contributed by atoms with Gasteiger partial charge in [-0.05, 0) is 38.8 Å². The number of aliphatic hydroxyl groups excluding tert-OH is 1. The van der Waals surface area contributed by atoms with E-state index in [9.17, 15) is 24.3 Å². The molecule has 0 spiro atoms. The van der Waals surface area contributed by atoms with Gasteiger partial charge in [0, 0.05) is 0 Å². The summed E-state index contributed by atoms with van der Waals surface area (Å²) in [5, 5.41) is 10.5. The van der Waals surface area contributed by atoms with E-state index in [2.05, 4.69) is 6.58 Å². The van der Waals surface area contributed by atoms with Crippen LogP contribution in [0.4, 0.5) is 0 Å². The highest BCUT2D eigenvalue weighted by molar-refractivity contribution is 6.22. The van der Waals surface area contributed by atoms with Crippen LogP contribution in [0.15, 0.2) is 36.9 Å². The van der Waals surface area contributed by atoms with E-state index in [1.54, 1.807) is 26.0 Å². The molecule has 10 heteroatoms. The van der Waals surface area contributed by atoms with Crippen LogP contribution in [0.3, 0.4) is 0 Å². The van der Waals surface area contributed by atoms with Crippen molar-refractivity contribution in [2.45, 2.75) is 51.0 Å². The lowest BCUT2D eigenvalue weighted by molar-refractivity contribution is -0.200. The molecule has 4 rings (SSSR count). The van der Waals surface area contributed by atoms with Gasteiger partial charge in [0.15, 0.2) is 5.79 Å². The lowest BCUT2D eigenvalue weighted by atomic mass is 9.86. The lowest BCUT2D eigenvalue weighted by Gasteiger charge is -2.51. The van der Waals surface area contributed by atoms with Crippen molar-refractivity contribution < 1.29 is 38.5 Å². The summed E-state index contributed by atoms with van der Waals surface area (Å²) >= 11 is 0. The van der Waals surface area contributed by atoms with Crippen molar-refractivity contribution in [1.29, 1.82) is 0 Å². The number of hydrogen-bond acceptors (Lipinski definition) is 8. The Labute approximate surface area is 190 Å². The Balaban J connectivity index is 1.57. The molecule has 3 heterocycles. The normalized spacial score (nSPS) is 26.8. The summed E-state index contributed by atoms with van der Waals surface area (Å²) in [5.41, 5.74) is 0.414. The van der Waals surface area contributed by atoms with Crippen LogP contribution in [-0.4, -0.2) is 76.1 Å². The highest BCUT2D eigenvalue weighted by Crippen LogP contribution is 2.40. The van der Waals surface area contributed by atoms with Crippen LogP contribution in [0.25, 0.3) is 0 Å². The molecule has 3 aliphatic rings. The Hall–Kier alpha value is -3.08. The zero-order chi connectivity index (χ0) is 23.9. The van der Waals surface area contributed by atoms with Gasteiger partial charge in [-0.1, -0.05) is 24.8 Å². The quantitative estimate of drug-likeness (QED) is 0.265. The molecule has 10 nitrogen and oxygen atoms in total. The number of amides is 3. The largest absolute Gasteiger partial charge is 0.458 e. The van der Waals surface area contributed by atoms with Crippen molar-refractivity contribution in [2.24, 2.45) is 5.92 Å². The van der Waals surface area contributed by atoms with Crippen LogP contribution in [0.2, 0.25) is 0 Å². The SMILES string of the molecule is C=CCOC(=O)C(O)N1C(=O)[C@@H](CC[C@@H]2COC(C)(C)O2)[C@H]1N1C(=O)c2ccccc2C1=O. The lowest BCUT2D eigenvalue weighted by Crippen LogP contribution is -2.72. The number of fused-ring (bicyclic) bond motifs is 1. The molecule has 1 N–H and O–H groups in total. The van der Waals surface area contributed by atoms with Crippen LogP contribution < -0.4 is 0 Å².